The summed E-state index contributed by atoms with van der Waals surface area (Å²) >= 11 is 0. The van der Waals surface area contributed by atoms with Gasteiger partial charge in [-0.3, -0.25) is 14.6 Å². The lowest BCUT2D eigenvalue weighted by Crippen LogP contribution is -2.50. The predicted octanol–water partition coefficient (Wildman–Crippen LogP) is 4.63. The van der Waals surface area contributed by atoms with Crippen LogP contribution in [-0.2, 0) is 4.79 Å². The number of carbonyl (C=O) groups is 1. The van der Waals surface area contributed by atoms with Crippen LogP contribution in [0.3, 0.4) is 0 Å². The van der Waals surface area contributed by atoms with Crippen molar-refractivity contribution in [2.75, 3.05) is 32.7 Å². The molecule has 0 spiro atoms. The number of hydrogen-bond donors (Lipinski definition) is 0. The van der Waals surface area contributed by atoms with Crippen molar-refractivity contribution in [1.82, 2.24) is 14.8 Å². The number of hydrazone groups is 1. The summed E-state index contributed by atoms with van der Waals surface area (Å²) in [6, 6.07) is 22.8. The molecule has 1 fully saturated rings. The van der Waals surface area contributed by atoms with Crippen LogP contribution in [0, 0.1) is 11.6 Å². The van der Waals surface area contributed by atoms with Gasteiger partial charge < -0.3 is 0 Å². The fourth-order valence-corrected chi connectivity index (χ4v) is 4.95. The highest BCUT2D eigenvalue weighted by Gasteiger charge is 2.31. The summed E-state index contributed by atoms with van der Waals surface area (Å²) in [6.45, 7) is 3.22. The van der Waals surface area contributed by atoms with E-state index in [1.165, 1.54) is 24.3 Å². The molecule has 1 amide bonds. The van der Waals surface area contributed by atoms with Crippen molar-refractivity contribution in [3.05, 3.63) is 107 Å². The first-order valence-electron chi connectivity index (χ1n) is 12.0. The molecule has 7 heteroatoms. The van der Waals surface area contributed by atoms with Crippen LogP contribution in [0.25, 0.3) is 0 Å². The normalized spacial score (nSPS) is 18.9. The molecule has 2 aliphatic heterocycles. The minimum absolute atomic E-state index is 0.00493. The van der Waals surface area contributed by atoms with Crippen molar-refractivity contribution >= 4 is 12.1 Å². The fraction of sp³-hybridized carbons (Fsp3) is 0.286. The predicted molar refractivity (Wildman–Crippen MR) is 132 cm³/mol. The number of carbonyl (C=O) groups excluding carboxylic acids is 1. The molecule has 3 aromatic carbocycles. The molecule has 2 aliphatic rings. The number of benzene rings is 3. The van der Waals surface area contributed by atoms with Crippen LogP contribution in [0.4, 0.5) is 8.78 Å². The van der Waals surface area contributed by atoms with Gasteiger partial charge in [-0.2, -0.15) is 5.10 Å². The van der Waals surface area contributed by atoms with Crippen LogP contribution in [0.5, 0.6) is 0 Å². The molecule has 0 unspecified atom stereocenters. The Kier molecular flexibility index (Phi) is 6.97. The van der Waals surface area contributed by atoms with Gasteiger partial charge in [-0.15, -0.1) is 0 Å². The summed E-state index contributed by atoms with van der Waals surface area (Å²) in [5.41, 5.74) is 3.00. The molecule has 1 saturated heterocycles. The third-order valence-corrected chi connectivity index (χ3v) is 6.77. The quantitative estimate of drug-likeness (QED) is 0.523. The third kappa shape index (κ3) is 5.31. The monoisotopic (exact) mass is 474 g/mol. The third-order valence-electron chi connectivity index (χ3n) is 6.77. The van der Waals surface area contributed by atoms with Crippen molar-refractivity contribution < 1.29 is 13.6 Å². The van der Waals surface area contributed by atoms with E-state index in [0.717, 1.165) is 49.3 Å². The Hall–Kier alpha value is -3.42. The highest BCUT2D eigenvalue weighted by Crippen LogP contribution is 2.31. The molecule has 0 saturated carbocycles. The summed E-state index contributed by atoms with van der Waals surface area (Å²) < 4.78 is 27.1. The van der Waals surface area contributed by atoms with Gasteiger partial charge in [0.15, 0.2) is 0 Å². The van der Waals surface area contributed by atoms with Crippen LogP contribution in [0.1, 0.15) is 35.2 Å². The number of hydrogen-bond acceptors (Lipinski definition) is 4. The van der Waals surface area contributed by atoms with Crippen LogP contribution >= 0.6 is 0 Å². The van der Waals surface area contributed by atoms with Gasteiger partial charge >= 0.3 is 0 Å². The Morgan fingerprint density at radius 3 is 1.97 bits per heavy atom. The summed E-state index contributed by atoms with van der Waals surface area (Å²) in [4.78, 5) is 17.6. The van der Waals surface area contributed by atoms with Gasteiger partial charge in [0.1, 0.15) is 11.6 Å². The zero-order valence-corrected chi connectivity index (χ0v) is 19.4. The van der Waals surface area contributed by atoms with Gasteiger partial charge in [-0.1, -0.05) is 54.6 Å². The van der Waals surface area contributed by atoms with Crippen molar-refractivity contribution in [2.45, 2.75) is 18.5 Å². The second-order valence-corrected chi connectivity index (χ2v) is 9.02. The summed E-state index contributed by atoms with van der Waals surface area (Å²) in [5.74, 6) is -0.573. The first-order valence-corrected chi connectivity index (χ1v) is 12.0. The average Bonchev–Trinajstić information content (AvgIpc) is 3.38. The van der Waals surface area contributed by atoms with Crippen molar-refractivity contribution in [1.29, 1.82) is 0 Å². The van der Waals surface area contributed by atoms with Crippen molar-refractivity contribution in [2.24, 2.45) is 5.10 Å². The van der Waals surface area contributed by atoms with Gasteiger partial charge in [0.05, 0.1) is 18.6 Å². The van der Waals surface area contributed by atoms with E-state index in [4.69, 9.17) is 0 Å². The maximum atomic E-state index is 13.6. The summed E-state index contributed by atoms with van der Waals surface area (Å²) in [5, 5.41) is 5.97. The molecule has 3 aromatic rings. The highest BCUT2D eigenvalue weighted by molar-refractivity contribution is 5.81. The molecular formula is C28H28F2N4O. The van der Waals surface area contributed by atoms with E-state index < -0.39 is 0 Å². The highest BCUT2D eigenvalue weighted by atomic mass is 19.1. The molecule has 0 aliphatic carbocycles. The van der Waals surface area contributed by atoms with Gasteiger partial charge in [0.25, 0.3) is 5.91 Å². The molecule has 0 N–H and O–H groups in total. The van der Waals surface area contributed by atoms with E-state index in [1.807, 2.05) is 36.5 Å². The lowest BCUT2D eigenvalue weighted by atomic mass is 9.96. The van der Waals surface area contributed by atoms with Gasteiger partial charge in [0, 0.05) is 38.8 Å². The lowest BCUT2D eigenvalue weighted by Gasteiger charge is -2.40. The number of amides is 1. The van der Waals surface area contributed by atoms with E-state index >= 15 is 0 Å². The standard InChI is InChI=1S/C28H28F2N4O/c29-24-10-6-22(7-11-24)28(23-8-12-25(30)13-9-23)33-18-16-32(17-19-33)20-27(35)34-26(14-15-31-34)21-4-2-1-3-5-21/h1-13,15,26,28H,14,16-20H2/t26-/m1/s1. The number of piperazine rings is 1. The van der Waals surface area contributed by atoms with E-state index in [1.54, 1.807) is 29.3 Å². The van der Waals surface area contributed by atoms with Gasteiger partial charge in [-0.25, -0.2) is 13.8 Å². The second-order valence-electron chi connectivity index (χ2n) is 9.02. The summed E-state index contributed by atoms with van der Waals surface area (Å²) in [7, 11) is 0. The smallest absolute Gasteiger partial charge is 0.257 e. The largest absolute Gasteiger partial charge is 0.292 e. The van der Waals surface area contributed by atoms with Gasteiger partial charge in [0.2, 0.25) is 0 Å². The number of halogens is 2. The topological polar surface area (TPSA) is 39.2 Å². The molecule has 1 atom stereocenters. The minimum Gasteiger partial charge on any atom is -0.292 e. The molecule has 2 heterocycles. The van der Waals surface area contributed by atoms with E-state index in [0.29, 0.717) is 6.54 Å². The number of nitrogens with zero attached hydrogens (tertiary/aromatic N) is 4. The molecule has 5 nitrogen and oxygen atoms in total. The van der Waals surface area contributed by atoms with Crippen molar-refractivity contribution in [3.8, 4) is 0 Å². The Morgan fingerprint density at radius 2 is 1.40 bits per heavy atom. The molecule has 0 radical (unpaired) electrons. The van der Waals surface area contributed by atoms with Gasteiger partial charge in [-0.05, 0) is 41.0 Å². The molecule has 5 rings (SSSR count). The van der Waals surface area contributed by atoms with E-state index in [9.17, 15) is 13.6 Å². The zero-order chi connectivity index (χ0) is 24.2. The lowest BCUT2D eigenvalue weighted by molar-refractivity contribution is -0.134. The molecule has 0 aromatic heterocycles. The Labute approximate surface area is 204 Å². The van der Waals surface area contributed by atoms with Crippen LogP contribution in [0.15, 0.2) is 84.0 Å². The molecule has 180 valence electrons. The molecule has 0 bridgehead atoms. The molecular weight excluding hydrogens is 446 g/mol. The maximum absolute atomic E-state index is 13.6. The zero-order valence-electron chi connectivity index (χ0n) is 19.4. The Balaban J connectivity index is 1.25. The number of rotatable bonds is 6. The van der Waals surface area contributed by atoms with Crippen LogP contribution < -0.4 is 0 Å². The fourth-order valence-electron chi connectivity index (χ4n) is 4.95. The van der Waals surface area contributed by atoms with Crippen LogP contribution in [0.2, 0.25) is 0 Å². The average molecular weight is 475 g/mol. The van der Waals surface area contributed by atoms with Crippen molar-refractivity contribution in [3.63, 3.8) is 0 Å². The maximum Gasteiger partial charge on any atom is 0.257 e. The Bertz CT molecular complexity index is 1110. The second kappa shape index (κ2) is 10.5. The summed E-state index contributed by atoms with van der Waals surface area (Å²) in [6.07, 6.45) is 2.53. The van der Waals surface area contributed by atoms with E-state index in [2.05, 4.69) is 14.9 Å². The molecule has 35 heavy (non-hydrogen) atoms. The minimum atomic E-state index is -0.284. The Morgan fingerprint density at radius 1 is 0.829 bits per heavy atom. The van der Waals surface area contributed by atoms with Crippen LogP contribution in [-0.4, -0.2) is 59.7 Å². The first-order chi connectivity index (χ1) is 17.1. The first kappa shape index (κ1) is 23.3. The SMILES string of the molecule is O=C(CN1CCN(C(c2ccc(F)cc2)c2ccc(F)cc2)CC1)N1N=CC[C@@H]1c1ccccc1. The van der Waals surface area contributed by atoms with E-state index in [-0.39, 0.29) is 29.6 Å².